The molecule has 2 aromatic rings. The first-order valence-electron chi connectivity index (χ1n) is 11.8. The number of H-pyrrole nitrogens is 1. The number of rotatable bonds is 9. The van der Waals surface area contributed by atoms with Crippen LogP contribution in [-0.2, 0) is 23.3 Å². The maximum absolute atomic E-state index is 12.6. The Morgan fingerprint density at radius 2 is 2.23 bits per heavy atom. The second-order valence-electron chi connectivity index (χ2n) is 9.42. The van der Waals surface area contributed by atoms with Crippen LogP contribution in [0.3, 0.4) is 0 Å². The second kappa shape index (κ2) is 8.91. The lowest BCUT2D eigenvalue weighted by Gasteiger charge is -2.38. The van der Waals surface area contributed by atoms with E-state index in [4.69, 9.17) is 23.8 Å². The molecule has 0 radical (unpaired) electrons. The number of nitrogens with one attached hydrogen (secondary N) is 2. The Morgan fingerprint density at radius 1 is 1.46 bits per heavy atom. The Labute approximate surface area is 203 Å². The number of ether oxygens (including phenoxy) is 2. The molecule has 5 atom stereocenters. The number of anilines is 1. The van der Waals surface area contributed by atoms with Crippen molar-refractivity contribution >= 4 is 31.4 Å². The summed E-state index contributed by atoms with van der Waals surface area (Å²) in [6.07, 6.45) is 2.76. The summed E-state index contributed by atoms with van der Waals surface area (Å²) < 4.78 is 27.0. The van der Waals surface area contributed by atoms with Crippen molar-refractivity contribution in [2.24, 2.45) is 5.92 Å². The highest BCUT2D eigenvalue weighted by atomic mass is 31.2. The van der Waals surface area contributed by atoms with Crippen molar-refractivity contribution < 1.29 is 23.3 Å². The van der Waals surface area contributed by atoms with Gasteiger partial charge < -0.3 is 18.5 Å². The summed E-state index contributed by atoms with van der Waals surface area (Å²) in [7, 11) is -1.26. The Bertz CT molecular complexity index is 1240. The van der Waals surface area contributed by atoms with E-state index < -0.39 is 43.6 Å². The zero-order chi connectivity index (χ0) is 25.0. The molecule has 35 heavy (non-hydrogen) atoms. The SMILES string of the molecule is CC[C@]12O[C@@H](n3cnc4c(=O)[nH]c(NC(=O)C(C)C)nc43)[C@@H](OC13CC3)C2OP(C)OCCC#N. The number of carbonyl (C=O) groups is 1. The summed E-state index contributed by atoms with van der Waals surface area (Å²) in [5.41, 5.74) is -1.11. The molecular weight excluding hydrogens is 475 g/mol. The Hall–Kier alpha value is -2.42. The third kappa shape index (κ3) is 3.86. The van der Waals surface area contributed by atoms with E-state index >= 15 is 0 Å². The van der Waals surface area contributed by atoms with Gasteiger partial charge in [0.1, 0.15) is 23.4 Å². The van der Waals surface area contributed by atoms with Gasteiger partial charge in [-0.1, -0.05) is 20.8 Å². The lowest BCUT2D eigenvalue weighted by Crippen LogP contribution is -2.49. The van der Waals surface area contributed by atoms with Crippen molar-refractivity contribution in [2.75, 3.05) is 18.6 Å². The van der Waals surface area contributed by atoms with Crippen molar-refractivity contribution in [1.82, 2.24) is 19.5 Å². The summed E-state index contributed by atoms with van der Waals surface area (Å²) in [5.74, 6) is -0.494. The number of nitriles is 1. The third-order valence-corrected chi connectivity index (χ3v) is 8.02. The minimum absolute atomic E-state index is 0.0478. The van der Waals surface area contributed by atoms with Crippen LogP contribution in [0.25, 0.3) is 11.2 Å². The average Bonchev–Trinajstić information content (AvgIpc) is 3.25. The van der Waals surface area contributed by atoms with Crippen molar-refractivity contribution in [3.8, 4) is 6.07 Å². The highest BCUT2D eigenvalue weighted by molar-refractivity contribution is 7.46. The number of nitrogens with zero attached hydrogens (tertiary/aromatic N) is 4. The standard InChI is InChI=1S/C22H29N6O6P/c1-5-22-15(34-35(4)31-10-6-9-23)14(32-21(22)7-8-21)19(33-22)28-11-24-13-16(28)25-20(27-18(13)30)26-17(29)12(2)3/h11-12,14-15,19H,5-8,10H2,1-4H3,(H2,25,26,27,29,30)/t14-,15?,19+,22+,35?/m0/s1. The minimum atomic E-state index is -1.26. The zero-order valence-electron chi connectivity index (χ0n) is 20.1. The van der Waals surface area contributed by atoms with Crippen molar-refractivity contribution in [3.63, 3.8) is 0 Å². The molecule has 2 N–H and O–H groups in total. The lowest BCUT2D eigenvalue weighted by atomic mass is 9.88. The Kier molecular flexibility index (Phi) is 6.18. The molecule has 4 heterocycles. The first-order valence-corrected chi connectivity index (χ1v) is 13.4. The summed E-state index contributed by atoms with van der Waals surface area (Å²) in [6.45, 7) is 7.71. The molecule has 3 aliphatic rings. The van der Waals surface area contributed by atoms with Crippen LogP contribution in [0.4, 0.5) is 5.95 Å². The Morgan fingerprint density at radius 3 is 2.89 bits per heavy atom. The predicted octanol–water partition coefficient (Wildman–Crippen LogP) is 2.58. The number of hydrogen-bond donors (Lipinski definition) is 2. The van der Waals surface area contributed by atoms with E-state index in [9.17, 15) is 9.59 Å². The van der Waals surface area contributed by atoms with Crippen LogP contribution >= 0.6 is 8.38 Å². The summed E-state index contributed by atoms with van der Waals surface area (Å²) in [5, 5.41) is 11.4. The first-order chi connectivity index (χ1) is 16.7. The largest absolute Gasteiger partial charge is 0.361 e. The summed E-state index contributed by atoms with van der Waals surface area (Å²) in [6, 6.07) is 2.07. The quantitative estimate of drug-likeness (QED) is 0.387. The van der Waals surface area contributed by atoms with Gasteiger partial charge in [0.05, 0.1) is 25.4 Å². The molecule has 1 aliphatic carbocycles. The number of amides is 1. The fraction of sp³-hybridized carbons (Fsp3) is 0.682. The van der Waals surface area contributed by atoms with Crippen molar-refractivity contribution in [1.29, 1.82) is 5.26 Å². The van der Waals surface area contributed by atoms with Gasteiger partial charge in [-0.05, 0) is 19.3 Å². The van der Waals surface area contributed by atoms with Crippen LogP contribution in [0.15, 0.2) is 11.1 Å². The molecule has 12 nitrogen and oxygen atoms in total. The highest BCUT2D eigenvalue weighted by Gasteiger charge is 2.78. The number of imidazole rings is 1. The average molecular weight is 504 g/mol. The topological polar surface area (TPSA) is 153 Å². The van der Waals surface area contributed by atoms with Gasteiger partial charge in [-0.25, -0.2) is 4.98 Å². The van der Waals surface area contributed by atoms with Gasteiger partial charge in [-0.2, -0.15) is 10.2 Å². The van der Waals surface area contributed by atoms with E-state index in [0.29, 0.717) is 19.4 Å². The Balaban J connectivity index is 1.47. The first kappa shape index (κ1) is 24.3. The monoisotopic (exact) mass is 504 g/mol. The van der Waals surface area contributed by atoms with Crippen molar-refractivity contribution in [2.45, 2.75) is 76.1 Å². The highest BCUT2D eigenvalue weighted by Crippen LogP contribution is 2.67. The molecule has 0 aromatic carbocycles. The van der Waals surface area contributed by atoms with E-state index in [1.807, 2.05) is 13.6 Å². The maximum Gasteiger partial charge on any atom is 0.280 e. The van der Waals surface area contributed by atoms with Crippen LogP contribution in [0.1, 0.15) is 52.7 Å². The second-order valence-corrected chi connectivity index (χ2v) is 10.8. The summed E-state index contributed by atoms with van der Waals surface area (Å²) in [4.78, 5) is 36.1. The van der Waals surface area contributed by atoms with Gasteiger partial charge in [-0.15, -0.1) is 0 Å². The molecule has 1 amide bonds. The molecule has 1 spiro atoms. The van der Waals surface area contributed by atoms with E-state index in [-0.39, 0.29) is 28.9 Å². The van der Waals surface area contributed by atoms with Gasteiger partial charge in [-0.3, -0.25) is 24.5 Å². The predicted molar refractivity (Wildman–Crippen MR) is 125 cm³/mol. The van der Waals surface area contributed by atoms with E-state index in [0.717, 1.165) is 12.8 Å². The van der Waals surface area contributed by atoms with Gasteiger partial charge >= 0.3 is 0 Å². The van der Waals surface area contributed by atoms with E-state index in [2.05, 4.69) is 26.3 Å². The molecule has 2 aliphatic heterocycles. The third-order valence-electron chi connectivity index (χ3n) is 6.95. The number of aromatic nitrogens is 4. The molecular formula is C22H29N6O6P. The van der Waals surface area contributed by atoms with Crippen LogP contribution in [0.2, 0.25) is 0 Å². The minimum Gasteiger partial charge on any atom is -0.361 e. The normalized spacial score (nSPS) is 29.1. The van der Waals surface area contributed by atoms with Crippen LogP contribution in [-0.4, -0.2) is 62.1 Å². The lowest BCUT2D eigenvalue weighted by molar-refractivity contribution is -0.223. The smallest absolute Gasteiger partial charge is 0.280 e. The fourth-order valence-electron chi connectivity index (χ4n) is 5.08. The molecule has 2 bridgehead atoms. The molecule has 188 valence electrons. The number of hydrogen-bond acceptors (Lipinski definition) is 9. The number of aromatic amines is 1. The van der Waals surface area contributed by atoms with Crippen LogP contribution < -0.4 is 10.9 Å². The molecule has 2 unspecified atom stereocenters. The van der Waals surface area contributed by atoms with E-state index in [1.54, 1.807) is 18.4 Å². The number of fused-ring (bicyclic) bond motifs is 4. The molecule has 2 aromatic heterocycles. The zero-order valence-corrected chi connectivity index (χ0v) is 21.0. The van der Waals surface area contributed by atoms with E-state index in [1.165, 1.54) is 6.33 Å². The van der Waals surface area contributed by atoms with Gasteiger partial charge in [0.25, 0.3) is 5.56 Å². The molecule has 5 rings (SSSR count). The molecule has 2 saturated heterocycles. The molecule has 3 fully saturated rings. The van der Waals surface area contributed by atoms with Crippen LogP contribution in [0, 0.1) is 17.2 Å². The maximum atomic E-state index is 12.6. The van der Waals surface area contributed by atoms with Crippen LogP contribution in [0.5, 0.6) is 0 Å². The summed E-state index contributed by atoms with van der Waals surface area (Å²) >= 11 is 0. The van der Waals surface area contributed by atoms with Gasteiger partial charge in [0.15, 0.2) is 25.8 Å². The molecule has 13 heteroatoms. The van der Waals surface area contributed by atoms with Crippen molar-refractivity contribution in [3.05, 3.63) is 16.7 Å². The van der Waals surface area contributed by atoms with Gasteiger partial charge in [0.2, 0.25) is 11.9 Å². The van der Waals surface area contributed by atoms with Gasteiger partial charge in [0, 0.05) is 12.6 Å². The fourth-order valence-corrected chi connectivity index (χ4v) is 6.09. The molecule has 1 saturated carbocycles. The number of carbonyl (C=O) groups excluding carboxylic acids is 1.